The Balaban J connectivity index is 1.80. The van der Waals surface area contributed by atoms with E-state index in [1.54, 1.807) is 17.5 Å². The van der Waals surface area contributed by atoms with Crippen LogP contribution in [0.1, 0.15) is 31.9 Å². The number of thiazole rings is 1. The van der Waals surface area contributed by atoms with Gasteiger partial charge in [-0.3, -0.25) is 9.78 Å². The Morgan fingerprint density at radius 1 is 1.40 bits per heavy atom. The number of hydrogen-bond acceptors (Lipinski definition) is 4. The first kappa shape index (κ1) is 14.7. The molecule has 106 valence electrons. The smallest absolute Gasteiger partial charge is 0.220 e. The van der Waals surface area contributed by atoms with Gasteiger partial charge in [-0.2, -0.15) is 0 Å². The van der Waals surface area contributed by atoms with Gasteiger partial charge in [0.15, 0.2) is 0 Å². The van der Waals surface area contributed by atoms with Crippen LogP contribution in [-0.2, 0) is 11.2 Å². The average Bonchev–Trinajstić information content (AvgIpc) is 2.95. The zero-order chi connectivity index (χ0) is 14.2. The third kappa shape index (κ3) is 4.42. The molecule has 20 heavy (non-hydrogen) atoms. The Morgan fingerprint density at radius 3 is 3.05 bits per heavy atom. The van der Waals surface area contributed by atoms with Gasteiger partial charge in [-0.05, 0) is 18.6 Å². The molecule has 2 aromatic heterocycles. The molecule has 0 radical (unpaired) electrons. The van der Waals surface area contributed by atoms with Crippen LogP contribution in [-0.4, -0.2) is 22.4 Å². The fraction of sp³-hybridized carbons (Fsp3) is 0.400. The van der Waals surface area contributed by atoms with E-state index in [1.165, 1.54) is 0 Å². The maximum atomic E-state index is 11.5. The summed E-state index contributed by atoms with van der Waals surface area (Å²) in [6.07, 6.45) is 5.15. The number of carbonyl (C=O) groups is 1. The van der Waals surface area contributed by atoms with E-state index < -0.39 is 0 Å². The first-order valence-corrected chi connectivity index (χ1v) is 7.80. The molecule has 5 heteroatoms. The number of unbranched alkanes of at least 4 members (excludes halogenated alkanes) is 1. The quantitative estimate of drug-likeness (QED) is 0.852. The molecule has 0 aliphatic carbocycles. The maximum absolute atomic E-state index is 11.5. The first-order valence-electron chi connectivity index (χ1n) is 6.92. The molecule has 4 nitrogen and oxygen atoms in total. The molecule has 0 bridgehead atoms. The van der Waals surface area contributed by atoms with Gasteiger partial charge < -0.3 is 5.32 Å². The van der Waals surface area contributed by atoms with Crippen molar-refractivity contribution in [3.05, 3.63) is 35.5 Å². The van der Waals surface area contributed by atoms with Crippen molar-refractivity contribution in [3.8, 4) is 10.7 Å². The van der Waals surface area contributed by atoms with Gasteiger partial charge in [-0.1, -0.05) is 19.4 Å². The SMILES string of the molecule is CCCCC(=O)NCCc1csc(-c2ccccn2)n1. The van der Waals surface area contributed by atoms with Crippen molar-refractivity contribution >= 4 is 17.2 Å². The number of nitrogens with zero attached hydrogens (tertiary/aromatic N) is 2. The molecule has 0 atom stereocenters. The van der Waals surface area contributed by atoms with Gasteiger partial charge in [0.05, 0.1) is 11.4 Å². The van der Waals surface area contributed by atoms with Gasteiger partial charge in [0, 0.05) is 31.0 Å². The van der Waals surface area contributed by atoms with E-state index in [4.69, 9.17) is 0 Å². The molecular weight excluding hydrogens is 270 g/mol. The Kier molecular flexibility index (Phi) is 5.68. The highest BCUT2D eigenvalue weighted by molar-refractivity contribution is 7.13. The normalized spacial score (nSPS) is 10.4. The molecule has 0 fully saturated rings. The van der Waals surface area contributed by atoms with Crippen LogP contribution in [0.2, 0.25) is 0 Å². The summed E-state index contributed by atoms with van der Waals surface area (Å²) < 4.78 is 0. The Hall–Kier alpha value is -1.75. The molecule has 1 amide bonds. The number of pyridine rings is 1. The van der Waals surface area contributed by atoms with Crippen LogP contribution < -0.4 is 5.32 Å². The van der Waals surface area contributed by atoms with Gasteiger partial charge >= 0.3 is 0 Å². The Labute approximate surface area is 123 Å². The van der Waals surface area contributed by atoms with Crippen molar-refractivity contribution in [3.63, 3.8) is 0 Å². The Bertz CT molecular complexity index is 539. The predicted molar refractivity (Wildman–Crippen MR) is 81.6 cm³/mol. The second kappa shape index (κ2) is 7.75. The summed E-state index contributed by atoms with van der Waals surface area (Å²) in [5.74, 6) is 0.132. The topological polar surface area (TPSA) is 54.9 Å². The highest BCUT2D eigenvalue weighted by atomic mass is 32.1. The molecule has 0 aliphatic rings. The van der Waals surface area contributed by atoms with Crippen LogP contribution in [0.5, 0.6) is 0 Å². The largest absolute Gasteiger partial charge is 0.356 e. The van der Waals surface area contributed by atoms with Crippen molar-refractivity contribution in [2.45, 2.75) is 32.6 Å². The fourth-order valence-electron chi connectivity index (χ4n) is 1.78. The lowest BCUT2D eigenvalue weighted by Gasteiger charge is -2.02. The number of rotatable bonds is 7. The van der Waals surface area contributed by atoms with Gasteiger partial charge in [0.2, 0.25) is 5.91 Å². The molecule has 0 saturated heterocycles. The molecule has 1 N–H and O–H groups in total. The number of nitrogens with one attached hydrogen (secondary N) is 1. The second-order valence-corrected chi connectivity index (χ2v) is 5.42. The van der Waals surface area contributed by atoms with E-state index in [9.17, 15) is 4.79 Å². The summed E-state index contributed by atoms with van der Waals surface area (Å²) in [5, 5.41) is 5.88. The van der Waals surface area contributed by atoms with Crippen molar-refractivity contribution in [1.29, 1.82) is 0 Å². The average molecular weight is 289 g/mol. The highest BCUT2D eigenvalue weighted by Gasteiger charge is 2.06. The van der Waals surface area contributed by atoms with Crippen molar-refractivity contribution in [2.24, 2.45) is 0 Å². The van der Waals surface area contributed by atoms with E-state index in [1.807, 2.05) is 23.6 Å². The maximum Gasteiger partial charge on any atom is 0.220 e. The van der Waals surface area contributed by atoms with Gasteiger partial charge in [0.25, 0.3) is 0 Å². The standard InChI is InChI=1S/C15H19N3OS/c1-2-3-7-14(19)17-10-8-12-11-20-15(18-12)13-6-4-5-9-16-13/h4-6,9,11H,2-3,7-8,10H2,1H3,(H,17,19). The van der Waals surface area contributed by atoms with E-state index in [2.05, 4.69) is 22.2 Å². The molecule has 2 aromatic rings. The molecule has 0 unspecified atom stereocenters. The fourth-order valence-corrected chi connectivity index (χ4v) is 2.61. The summed E-state index contributed by atoms with van der Waals surface area (Å²) in [6.45, 7) is 2.73. The number of carbonyl (C=O) groups excluding carboxylic acids is 1. The highest BCUT2D eigenvalue weighted by Crippen LogP contribution is 2.21. The van der Waals surface area contributed by atoms with Gasteiger partial charge in [0.1, 0.15) is 5.01 Å². The molecule has 0 aliphatic heterocycles. The summed E-state index contributed by atoms with van der Waals surface area (Å²) >= 11 is 1.59. The summed E-state index contributed by atoms with van der Waals surface area (Å²) in [7, 11) is 0. The zero-order valence-corrected chi connectivity index (χ0v) is 12.4. The molecular formula is C15H19N3OS. The lowest BCUT2D eigenvalue weighted by Crippen LogP contribution is -2.25. The molecule has 2 rings (SSSR count). The lowest BCUT2D eigenvalue weighted by atomic mass is 10.2. The van der Waals surface area contributed by atoms with Gasteiger partial charge in [-0.25, -0.2) is 4.98 Å². The third-order valence-electron chi connectivity index (χ3n) is 2.90. The van der Waals surface area contributed by atoms with Crippen LogP contribution >= 0.6 is 11.3 Å². The van der Waals surface area contributed by atoms with E-state index in [0.717, 1.165) is 35.7 Å². The van der Waals surface area contributed by atoms with Crippen LogP contribution in [0, 0.1) is 0 Å². The molecule has 0 aromatic carbocycles. The lowest BCUT2D eigenvalue weighted by molar-refractivity contribution is -0.121. The zero-order valence-electron chi connectivity index (χ0n) is 11.6. The Morgan fingerprint density at radius 2 is 2.30 bits per heavy atom. The number of hydrogen-bond donors (Lipinski definition) is 1. The first-order chi connectivity index (χ1) is 9.79. The molecule has 2 heterocycles. The summed E-state index contributed by atoms with van der Waals surface area (Å²) in [6, 6.07) is 5.80. The number of amides is 1. The second-order valence-electron chi connectivity index (χ2n) is 4.56. The monoisotopic (exact) mass is 289 g/mol. The minimum absolute atomic E-state index is 0.132. The van der Waals surface area contributed by atoms with Crippen molar-refractivity contribution < 1.29 is 4.79 Å². The minimum Gasteiger partial charge on any atom is -0.356 e. The van der Waals surface area contributed by atoms with E-state index >= 15 is 0 Å². The predicted octanol–water partition coefficient (Wildman–Crippen LogP) is 3.05. The molecule has 0 saturated carbocycles. The van der Waals surface area contributed by atoms with Crippen LogP contribution in [0.15, 0.2) is 29.8 Å². The number of aromatic nitrogens is 2. The van der Waals surface area contributed by atoms with E-state index in [-0.39, 0.29) is 5.91 Å². The van der Waals surface area contributed by atoms with Crippen LogP contribution in [0.4, 0.5) is 0 Å². The van der Waals surface area contributed by atoms with E-state index in [0.29, 0.717) is 13.0 Å². The third-order valence-corrected chi connectivity index (χ3v) is 3.81. The molecule has 0 spiro atoms. The summed E-state index contributed by atoms with van der Waals surface area (Å²) in [4.78, 5) is 20.3. The van der Waals surface area contributed by atoms with Crippen molar-refractivity contribution in [1.82, 2.24) is 15.3 Å². The van der Waals surface area contributed by atoms with Crippen molar-refractivity contribution in [2.75, 3.05) is 6.54 Å². The van der Waals surface area contributed by atoms with Gasteiger partial charge in [-0.15, -0.1) is 11.3 Å². The minimum atomic E-state index is 0.132. The summed E-state index contributed by atoms with van der Waals surface area (Å²) in [5.41, 5.74) is 1.90. The van der Waals surface area contributed by atoms with Crippen LogP contribution in [0.25, 0.3) is 10.7 Å². The van der Waals surface area contributed by atoms with Crippen LogP contribution in [0.3, 0.4) is 0 Å².